The zero-order valence-corrected chi connectivity index (χ0v) is 13.3. The molecule has 1 aliphatic carbocycles. The highest BCUT2D eigenvalue weighted by atomic mass is 19.4. The number of nitrogen functional groups attached to an aromatic ring is 1. The van der Waals surface area contributed by atoms with Crippen molar-refractivity contribution in [1.82, 2.24) is 14.4 Å². The van der Waals surface area contributed by atoms with E-state index in [4.69, 9.17) is 10.5 Å². The van der Waals surface area contributed by atoms with Crippen LogP contribution in [0.25, 0.3) is 17.0 Å². The second-order valence-corrected chi connectivity index (χ2v) is 6.15. The number of hydrogen-bond donors (Lipinski definition) is 1. The molecule has 0 saturated heterocycles. The first-order chi connectivity index (χ1) is 11.9. The maximum Gasteiger partial charge on any atom is 0.398 e. The maximum absolute atomic E-state index is 13.6. The molecule has 0 spiro atoms. The van der Waals surface area contributed by atoms with E-state index in [-0.39, 0.29) is 24.2 Å². The minimum absolute atomic E-state index is 0.0545. The van der Waals surface area contributed by atoms with E-state index in [0.717, 1.165) is 0 Å². The summed E-state index contributed by atoms with van der Waals surface area (Å²) >= 11 is 0. The summed E-state index contributed by atoms with van der Waals surface area (Å²) in [5.41, 5.74) is 5.58. The van der Waals surface area contributed by atoms with Crippen molar-refractivity contribution in [1.29, 1.82) is 0 Å². The molecule has 1 fully saturated rings. The topological polar surface area (TPSA) is 65.4 Å². The lowest BCUT2D eigenvalue weighted by molar-refractivity contribution is -0.161. The van der Waals surface area contributed by atoms with E-state index in [2.05, 4.69) is 9.97 Å². The Morgan fingerprint density at radius 3 is 2.64 bits per heavy atom. The molecule has 2 N–H and O–H groups in total. The van der Waals surface area contributed by atoms with E-state index in [1.165, 1.54) is 19.4 Å². The van der Waals surface area contributed by atoms with Crippen LogP contribution in [0.2, 0.25) is 0 Å². The number of hydrogen-bond acceptors (Lipinski definition) is 4. The molecule has 0 atom stereocenters. The predicted octanol–water partition coefficient (Wildman–Crippen LogP) is 3.58. The number of ether oxygens (including phenoxy) is 1. The minimum atomic E-state index is -4.33. The van der Waals surface area contributed by atoms with Gasteiger partial charge < -0.3 is 10.5 Å². The third kappa shape index (κ3) is 2.32. The number of pyridine rings is 2. The van der Waals surface area contributed by atoms with E-state index >= 15 is 0 Å². The Kier molecular flexibility index (Phi) is 3.22. The van der Waals surface area contributed by atoms with Crippen molar-refractivity contribution in [3.63, 3.8) is 0 Å². The Balaban J connectivity index is 1.94. The van der Waals surface area contributed by atoms with Crippen LogP contribution in [0.5, 0.6) is 5.75 Å². The lowest BCUT2D eigenvalue weighted by Crippen LogP contribution is -2.29. The van der Waals surface area contributed by atoms with Crippen molar-refractivity contribution < 1.29 is 17.9 Å². The molecule has 8 heteroatoms. The zero-order chi connectivity index (χ0) is 17.8. The monoisotopic (exact) mass is 348 g/mol. The molecule has 0 aliphatic heterocycles. The fraction of sp³-hybridized carbons (Fsp3) is 0.294. The first-order valence-electron chi connectivity index (χ1n) is 7.71. The fourth-order valence-corrected chi connectivity index (χ4v) is 3.15. The predicted molar refractivity (Wildman–Crippen MR) is 86.4 cm³/mol. The van der Waals surface area contributed by atoms with Crippen LogP contribution in [0.4, 0.5) is 19.0 Å². The number of nitrogens with zero attached hydrogens (tertiary/aromatic N) is 3. The number of rotatable bonds is 3. The fourth-order valence-electron chi connectivity index (χ4n) is 3.15. The van der Waals surface area contributed by atoms with Crippen molar-refractivity contribution in [3.05, 3.63) is 42.2 Å². The number of nitrogens with two attached hydrogens (primary N) is 1. The zero-order valence-electron chi connectivity index (χ0n) is 13.3. The van der Waals surface area contributed by atoms with Gasteiger partial charge in [-0.05, 0) is 25.0 Å². The average Bonchev–Trinajstić information content (AvgIpc) is 3.28. The molecule has 130 valence electrons. The lowest BCUT2D eigenvalue weighted by atomic mass is 9.96. The summed E-state index contributed by atoms with van der Waals surface area (Å²) in [7, 11) is 1.37. The largest absolute Gasteiger partial charge is 0.496 e. The van der Waals surface area contributed by atoms with Crippen LogP contribution >= 0.6 is 0 Å². The minimum Gasteiger partial charge on any atom is -0.496 e. The highest BCUT2D eigenvalue weighted by Gasteiger charge is 2.65. The van der Waals surface area contributed by atoms with Gasteiger partial charge in [-0.2, -0.15) is 13.2 Å². The third-order valence-corrected chi connectivity index (χ3v) is 4.67. The van der Waals surface area contributed by atoms with Gasteiger partial charge in [0.1, 0.15) is 17.2 Å². The molecule has 1 saturated carbocycles. The first-order valence-corrected chi connectivity index (χ1v) is 7.71. The average molecular weight is 348 g/mol. The molecule has 25 heavy (non-hydrogen) atoms. The number of aromatic nitrogens is 3. The van der Waals surface area contributed by atoms with Crippen molar-refractivity contribution >= 4 is 11.5 Å². The second-order valence-electron chi connectivity index (χ2n) is 6.15. The summed E-state index contributed by atoms with van der Waals surface area (Å²) in [4.78, 5) is 8.49. The summed E-state index contributed by atoms with van der Waals surface area (Å²) in [6.07, 6.45) is -1.20. The van der Waals surface area contributed by atoms with Gasteiger partial charge >= 0.3 is 6.18 Å². The lowest BCUT2D eigenvalue weighted by Gasteiger charge is -2.22. The van der Waals surface area contributed by atoms with E-state index in [9.17, 15) is 13.2 Å². The molecule has 4 rings (SSSR count). The van der Waals surface area contributed by atoms with Crippen molar-refractivity contribution in [2.45, 2.75) is 24.4 Å². The molecule has 0 radical (unpaired) electrons. The number of alkyl halides is 3. The van der Waals surface area contributed by atoms with E-state index in [1.807, 2.05) is 0 Å². The highest BCUT2D eigenvalue weighted by Crippen LogP contribution is 2.60. The van der Waals surface area contributed by atoms with Gasteiger partial charge in [-0.15, -0.1) is 0 Å². The van der Waals surface area contributed by atoms with Gasteiger partial charge in [0, 0.05) is 17.8 Å². The number of halogens is 3. The Morgan fingerprint density at radius 1 is 1.28 bits per heavy atom. The number of imidazole rings is 1. The van der Waals surface area contributed by atoms with Gasteiger partial charge in [-0.1, -0.05) is 6.07 Å². The Bertz CT molecular complexity index is 960. The molecular formula is C17H15F3N4O. The number of anilines is 1. The Labute approximate surface area is 141 Å². The smallest absolute Gasteiger partial charge is 0.398 e. The molecule has 3 aromatic rings. The van der Waals surface area contributed by atoms with Crippen LogP contribution < -0.4 is 10.5 Å². The van der Waals surface area contributed by atoms with Crippen LogP contribution in [-0.4, -0.2) is 27.7 Å². The van der Waals surface area contributed by atoms with Crippen LogP contribution in [0.1, 0.15) is 18.4 Å². The second kappa shape index (κ2) is 5.11. The quantitative estimate of drug-likeness (QED) is 0.786. The van der Waals surface area contributed by atoms with Crippen molar-refractivity contribution in [2.24, 2.45) is 0 Å². The van der Waals surface area contributed by atoms with Gasteiger partial charge in [0.2, 0.25) is 0 Å². The molecule has 3 heterocycles. The first kappa shape index (κ1) is 15.7. The van der Waals surface area contributed by atoms with Gasteiger partial charge in [-0.3, -0.25) is 4.40 Å². The standard InChI is InChI=1S/C17H15F3N4O/c1-25-13-7-15-22-8-12(11-3-2-4-14(21)23-11)24(15)9-10(13)16(5-6-16)17(18,19)20/h2-4,7-9H,5-6H2,1H3,(H2,21,23). The van der Waals surface area contributed by atoms with Crippen LogP contribution in [0.3, 0.4) is 0 Å². The third-order valence-electron chi connectivity index (χ3n) is 4.67. The highest BCUT2D eigenvalue weighted by molar-refractivity contribution is 5.64. The van der Waals surface area contributed by atoms with Gasteiger partial charge in [-0.25, -0.2) is 9.97 Å². The Hall–Kier alpha value is -2.77. The van der Waals surface area contributed by atoms with E-state index in [1.54, 1.807) is 28.8 Å². The normalized spacial score (nSPS) is 16.2. The van der Waals surface area contributed by atoms with E-state index < -0.39 is 11.6 Å². The maximum atomic E-state index is 13.6. The molecule has 3 aromatic heterocycles. The summed E-state index contributed by atoms with van der Waals surface area (Å²) in [5.74, 6) is 0.523. The summed E-state index contributed by atoms with van der Waals surface area (Å²) in [5, 5.41) is 0. The van der Waals surface area contributed by atoms with Gasteiger partial charge in [0.15, 0.2) is 0 Å². The molecule has 0 unspecified atom stereocenters. The summed E-state index contributed by atoms with van der Waals surface area (Å²) in [6, 6.07) is 6.64. The molecule has 0 aromatic carbocycles. The summed E-state index contributed by atoms with van der Waals surface area (Å²) < 4.78 is 47.6. The van der Waals surface area contributed by atoms with E-state index in [0.29, 0.717) is 22.9 Å². The molecule has 0 amide bonds. The van der Waals surface area contributed by atoms with Crippen LogP contribution in [0.15, 0.2) is 36.7 Å². The van der Waals surface area contributed by atoms with Gasteiger partial charge in [0.25, 0.3) is 0 Å². The van der Waals surface area contributed by atoms with Crippen LogP contribution in [-0.2, 0) is 5.41 Å². The Morgan fingerprint density at radius 2 is 2.04 bits per heavy atom. The molecule has 1 aliphatic rings. The van der Waals surface area contributed by atoms with Gasteiger partial charge in [0.05, 0.1) is 30.1 Å². The molecular weight excluding hydrogens is 333 g/mol. The molecule has 5 nitrogen and oxygen atoms in total. The summed E-state index contributed by atoms with van der Waals surface area (Å²) in [6.45, 7) is 0. The van der Waals surface area contributed by atoms with Crippen molar-refractivity contribution in [2.75, 3.05) is 12.8 Å². The van der Waals surface area contributed by atoms with Crippen molar-refractivity contribution in [3.8, 4) is 17.1 Å². The number of methoxy groups -OCH3 is 1. The van der Waals surface area contributed by atoms with Crippen LogP contribution in [0, 0.1) is 0 Å². The molecule has 0 bridgehead atoms. The number of fused-ring (bicyclic) bond motifs is 1. The SMILES string of the molecule is COc1cc2ncc(-c3cccc(N)n3)n2cc1C1(C(F)(F)F)CC1.